The number of hydrogen-bond donors (Lipinski definition) is 2. The Bertz CT molecular complexity index is 687. The summed E-state index contributed by atoms with van der Waals surface area (Å²) in [7, 11) is 0. The van der Waals surface area contributed by atoms with Crippen molar-refractivity contribution in [2.24, 2.45) is 0 Å². The fraction of sp³-hybridized carbons (Fsp3) is 0.250. The van der Waals surface area contributed by atoms with Gasteiger partial charge in [-0.05, 0) is 52.5 Å². The van der Waals surface area contributed by atoms with Gasteiger partial charge in [-0.15, -0.1) is 0 Å². The highest BCUT2D eigenvalue weighted by Gasteiger charge is 2.26. The van der Waals surface area contributed by atoms with Crippen LogP contribution < -0.4 is 10.6 Å². The molecule has 2 aromatic rings. The molecule has 0 radical (unpaired) electrons. The van der Waals surface area contributed by atoms with E-state index in [0.717, 1.165) is 40.1 Å². The number of rotatable bonds is 2. The van der Waals surface area contributed by atoms with Gasteiger partial charge in [-0.1, -0.05) is 18.2 Å². The van der Waals surface area contributed by atoms with Gasteiger partial charge in [-0.3, -0.25) is 4.79 Å². The number of aryl methyl sites for hydroxylation is 1. The minimum absolute atomic E-state index is 0.0208. The molecule has 1 amide bonds. The smallest absolute Gasteiger partial charge is 0.232 e. The van der Waals surface area contributed by atoms with Gasteiger partial charge in [0.05, 0.1) is 17.8 Å². The molecular formula is C16H16BrN3O. The number of benzene rings is 1. The van der Waals surface area contributed by atoms with Crippen molar-refractivity contribution in [2.75, 3.05) is 17.2 Å². The van der Waals surface area contributed by atoms with Gasteiger partial charge in [0.25, 0.3) is 0 Å². The number of carbonyl (C=O) groups is 1. The summed E-state index contributed by atoms with van der Waals surface area (Å²) >= 11 is 3.36. The highest BCUT2D eigenvalue weighted by molar-refractivity contribution is 9.10. The maximum Gasteiger partial charge on any atom is 0.232 e. The van der Waals surface area contributed by atoms with Crippen molar-refractivity contribution in [3.63, 3.8) is 0 Å². The number of hydrogen-bond acceptors (Lipinski definition) is 3. The van der Waals surface area contributed by atoms with Crippen molar-refractivity contribution >= 4 is 33.2 Å². The van der Waals surface area contributed by atoms with E-state index in [4.69, 9.17) is 0 Å². The number of para-hydroxylation sites is 1. The second kappa shape index (κ2) is 5.85. The zero-order chi connectivity index (χ0) is 14.8. The summed E-state index contributed by atoms with van der Waals surface area (Å²) in [6.07, 6.45) is 2.47. The Kier molecular flexibility index (Phi) is 3.92. The molecule has 0 aliphatic carbocycles. The van der Waals surface area contributed by atoms with Crippen molar-refractivity contribution in [1.29, 1.82) is 0 Å². The molecule has 4 nitrogen and oxygen atoms in total. The van der Waals surface area contributed by atoms with Crippen LogP contribution in [0, 0.1) is 6.92 Å². The SMILES string of the molecule is Cc1cc(NC(=O)C2CCNc3ccccc32)cnc1Br. The van der Waals surface area contributed by atoms with E-state index < -0.39 is 0 Å². The molecule has 1 aromatic heterocycles. The number of nitrogens with one attached hydrogen (secondary N) is 2. The molecule has 5 heteroatoms. The van der Waals surface area contributed by atoms with Crippen LogP contribution in [0.4, 0.5) is 11.4 Å². The molecule has 1 aliphatic rings. The third-order valence-electron chi connectivity index (χ3n) is 3.68. The molecule has 21 heavy (non-hydrogen) atoms. The van der Waals surface area contributed by atoms with Crippen LogP contribution >= 0.6 is 15.9 Å². The first kappa shape index (κ1) is 14.1. The molecule has 1 aromatic carbocycles. The van der Waals surface area contributed by atoms with Gasteiger partial charge in [0.1, 0.15) is 4.60 Å². The van der Waals surface area contributed by atoms with E-state index >= 15 is 0 Å². The van der Waals surface area contributed by atoms with Crippen molar-refractivity contribution in [3.05, 3.63) is 52.3 Å². The van der Waals surface area contributed by atoms with Crippen molar-refractivity contribution in [1.82, 2.24) is 4.98 Å². The minimum Gasteiger partial charge on any atom is -0.385 e. The summed E-state index contributed by atoms with van der Waals surface area (Å²) in [6, 6.07) is 9.89. The van der Waals surface area contributed by atoms with Crippen LogP contribution in [0.3, 0.4) is 0 Å². The van der Waals surface area contributed by atoms with Gasteiger partial charge in [-0.25, -0.2) is 4.98 Å². The molecule has 3 rings (SSSR count). The molecular weight excluding hydrogens is 330 g/mol. The summed E-state index contributed by atoms with van der Waals surface area (Å²) in [6.45, 7) is 2.76. The Hall–Kier alpha value is -1.88. The number of carbonyl (C=O) groups excluding carboxylic acids is 1. The standard InChI is InChI=1S/C16H16BrN3O/c1-10-8-11(9-19-15(10)17)20-16(21)13-6-7-18-14-5-3-2-4-12(13)14/h2-5,8-9,13,18H,6-7H2,1H3,(H,20,21). The normalized spacial score (nSPS) is 16.8. The lowest BCUT2D eigenvalue weighted by molar-refractivity contribution is -0.117. The average Bonchev–Trinajstić information content (AvgIpc) is 2.50. The van der Waals surface area contributed by atoms with Crippen LogP contribution in [0.2, 0.25) is 0 Å². The molecule has 0 saturated heterocycles. The minimum atomic E-state index is -0.119. The van der Waals surface area contributed by atoms with Crippen molar-refractivity contribution < 1.29 is 4.79 Å². The van der Waals surface area contributed by atoms with Gasteiger partial charge < -0.3 is 10.6 Å². The van der Waals surface area contributed by atoms with Crippen LogP contribution in [0.25, 0.3) is 0 Å². The Morgan fingerprint density at radius 2 is 2.24 bits per heavy atom. The average molecular weight is 346 g/mol. The van der Waals surface area contributed by atoms with E-state index in [-0.39, 0.29) is 11.8 Å². The summed E-state index contributed by atoms with van der Waals surface area (Å²) in [5.74, 6) is -0.0983. The van der Waals surface area contributed by atoms with Crippen LogP contribution in [0.5, 0.6) is 0 Å². The number of nitrogens with zero attached hydrogens (tertiary/aromatic N) is 1. The third kappa shape index (κ3) is 2.93. The topological polar surface area (TPSA) is 54.0 Å². The summed E-state index contributed by atoms with van der Waals surface area (Å²) in [4.78, 5) is 16.8. The van der Waals surface area contributed by atoms with Crippen molar-refractivity contribution in [2.45, 2.75) is 19.3 Å². The number of anilines is 2. The van der Waals surface area contributed by atoms with Crippen LogP contribution in [0.1, 0.15) is 23.5 Å². The largest absolute Gasteiger partial charge is 0.385 e. The number of amides is 1. The summed E-state index contributed by atoms with van der Waals surface area (Å²) < 4.78 is 0.799. The summed E-state index contributed by atoms with van der Waals surface area (Å²) in [5, 5.41) is 6.30. The van der Waals surface area contributed by atoms with E-state index in [2.05, 4.69) is 31.5 Å². The Balaban J connectivity index is 1.81. The zero-order valence-corrected chi connectivity index (χ0v) is 13.3. The molecule has 0 bridgehead atoms. The number of halogens is 1. The Morgan fingerprint density at radius 1 is 1.43 bits per heavy atom. The second-order valence-electron chi connectivity index (χ2n) is 5.18. The lowest BCUT2D eigenvalue weighted by Gasteiger charge is -2.25. The third-order valence-corrected chi connectivity index (χ3v) is 4.51. The monoisotopic (exact) mass is 345 g/mol. The fourth-order valence-electron chi connectivity index (χ4n) is 2.60. The van der Waals surface area contributed by atoms with Gasteiger partial charge in [-0.2, -0.15) is 0 Å². The molecule has 108 valence electrons. The summed E-state index contributed by atoms with van der Waals surface area (Å²) in [5.41, 5.74) is 3.84. The first-order chi connectivity index (χ1) is 10.1. The van der Waals surface area contributed by atoms with E-state index in [1.54, 1.807) is 6.20 Å². The molecule has 2 heterocycles. The lowest BCUT2D eigenvalue weighted by atomic mass is 9.90. The Morgan fingerprint density at radius 3 is 3.05 bits per heavy atom. The second-order valence-corrected chi connectivity index (χ2v) is 5.93. The first-order valence-electron chi connectivity index (χ1n) is 6.91. The highest BCUT2D eigenvalue weighted by atomic mass is 79.9. The predicted molar refractivity (Wildman–Crippen MR) is 87.6 cm³/mol. The lowest BCUT2D eigenvalue weighted by Crippen LogP contribution is -2.27. The van der Waals surface area contributed by atoms with Crippen LogP contribution in [-0.4, -0.2) is 17.4 Å². The molecule has 0 fully saturated rings. The van der Waals surface area contributed by atoms with Gasteiger partial charge in [0.2, 0.25) is 5.91 Å². The molecule has 1 atom stereocenters. The van der Waals surface area contributed by atoms with Crippen LogP contribution in [-0.2, 0) is 4.79 Å². The van der Waals surface area contributed by atoms with Crippen molar-refractivity contribution in [3.8, 4) is 0 Å². The zero-order valence-electron chi connectivity index (χ0n) is 11.7. The van der Waals surface area contributed by atoms with E-state index in [0.29, 0.717) is 0 Å². The molecule has 2 N–H and O–H groups in total. The molecule has 0 spiro atoms. The van der Waals surface area contributed by atoms with Gasteiger partial charge in [0.15, 0.2) is 0 Å². The molecule has 1 aliphatic heterocycles. The predicted octanol–water partition coefficient (Wildman–Crippen LogP) is 3.69. The maximum absolute atomic E-state index is 12.5. The molecule has 1 unspecified atom stereocenters. The Labute approximate surface area is 132 Å². The highest BCUT2D eigenvalue weighted by Crippen LogP contribution is 2.32. The van der Waals surface area contributed by atoms with Gasteiger partial charge >= 0.3 is 0 Å². The van der Waals surface area contributed by atoms with E-state index in [9.17, 15) is 4.79 Å². The quantitative estimate of drug-likeness (QED) is 0.816. The fourth-order valence-corrected chi connectivity index (χ4v) is 2.81. The van der Waals surface area contributed by atoms with E-state index in [1.807, 2.05) is 37.3 Å². The number of aromatic nitrogens is 1. The maximum atomic E-state index is 12.5. The van der Waals surface area contributed by atoms with Gasteiger partial charge in [0, 0.05) is 12.2 Å². The van der Waals surface area contributed by atoms with E-state index in [1.165, 1.54) is 0 Å². The van der Waals surface area contributed by atoms with Crippen LogP contribution in [0.15, 0.2) is 41.1 Å². The first-order valence-corrected chi connectivity index (χ1v) is 7.70. The number of fused-ring (bicyclic) bond motifs is 1. The molecule has 0 saturated carbocycles. The number of pyridine rings is 1.